The maximum absolute atomic E-state index is 10.8. The van der Waals surface area contributed by atoms with Crippen molar-refractivity contribution in [2.45, 2.75) is 12.5 Å². The third-order valence-corrected chi connectivity index (χ3v) is 2.51. The average molecular weight is 261 g/mol. The normalized spacial score (nSPS) is 11.3. The Balaban J connectivity index is 3.01. The number of aliphatic hydroxyl groups excluding tert-OH is 2. The van der Waals surface area contributed by atoms with Gasteiger partial charge in [-0.3, -0.25) is 0 Å². The Bertz CT molecular complexity index is 421. The van der Waals surface area contributed by atoms with Gasteiger partial charge < -0.3 is 20.6 Å². The van der Waals surface area contributed by atoms with Gasteiger partial charge in [0.05, 0.1) is 29.3 Å². The molecule has 4 N–H and O–H groups in total. The molecule has 0 saturated carbocycles. The van der Waals surface area contributed by atoms with Gasteiger partial charge in [-0.05, 0) is 13.0 Å². The van der Waals surface area contributed by atoms with Gasteiger partial charge in [0.25, 0.3) is 0 Å². The predicted molar refractivity (Wildman–Crippen MR) is 62.4 cm³/mol. The highest BCUT2D eigenvalue weighted by Crippen LogP contribution is 2.20. The Morgan fingerprint density at radius 2 is 2.12 bits per heavy atom. The molecule has 94 valence electrons. The molecule has 0 aliphatic heterocycles. The molecule has 1 aromatic rings. The molecule has 0 aromatic carbocycles. The van der Waals surface area contributed by atoms with E-state index in [1.165, 1.54) is 12.3 Å². The van der Waals surface area contributed by atoms with Gasteiger partial charge in [0.15, 0.2) is 0 Å². The summed E-state index contributed by atoms with van der Waals surface area (Å²) < 4.78 is 0. The topological polar surface area (TPSA) is 103 Å². The van der Waals surface area contributed by atoms with E-state index in [4.69, 9.17) is 26.9 Å². The highest BCUT2D eigenvalue weighted by atomic mass is 35.5. The summed E-state index contributed by atoms with van der Waals surface area (Å²) >= 11 is 5.66. The number of rotatable bonds is 5. The molecule has 1 aromatic heterocycles. The molecule has 0 aliphatic carbocycles. The van der Waals surface area contributed by atoms with E-state index in [9.17, 15) is 4.79 Å². The number of carbonyl (C=O) groups is 1. The first-order valence-electron chi connectivity index (χ1n) is 4.80. The van der Waals surface area contributed by atoms with Crippen LogP contribution in [-0.4, -0.2) is 45.0 Å². The fourth-order valence-electron chi connectivity index (χ4n) is 1.11. The zero-order chi connectivity index (χ0) is 13.1. The summed E-state index contributed by atoms with van der Waals surface area (Å²) in [5.74, 6) is -0.951. The van der Waals surface area contributed by atoms with Crippen molar-refractivity contribution in [1.29, 1.82) is 0 Å². The van der Waals surface area contributed by atoms with Crippen LogP contribution in [0.5, 0.6) is 0 Å². The van der Waals surface area contributed by atoms with Crippen molar-refractivity contribution >= 4 is 23.4 Å². The summed E-state index contributed by atoms with van der Waals surface area (Å²) in [5, 5.41) is 29.8. The number of halogens is 1. The summed E-state index contributed by atoms with van der Waals surface area (Å²) in [6, 6.07) is 1.24. The number of nitrogens with zero attached hydrogens (tertiary/aromatic N) is 1. The van der Waals surface area contributed by atoms with Gasteiger partial charge in [-0.15, -0.1) is 0 Å². The lowest BCUT2D eigenvalue weighted by molar-refractivity contribution is 0.0697. The first kappa shape index (κ1) is 13.7. The summed E-state index contributed by atoms with van der Waals surface area (Å²) in [4.78, 5) is 14.7. The first-order chi connectivity index (χ1) is 7.91. The van der Waals surface area contributed by atoms with E-state index in [1.54, 1.807) is 6.92 Å². The molecule has 1 rings (SSSR count). The minimum atomic E-state index is -1.17. The zero-order valence-electron chi connectivity index (χ0n) is 9.14. The summed E-state index contributed by atoms with van der Waals surface area (Å²) in [6.07, 6.45) is 1.20. The second kappa shape index (κ2) is 5.31. The van der Waals surface area contributed by atoms with E-state index in [0.29, 0.717) is 0 Å². The van der Waals surface area contributed by atoms with Crippen LogP contribution in [0.15, 0.2) is 12.3 Å². The van der Waals surface area contributed by atoms with Gasteiger partial charge in [0.2, 0.25) is 0 Å². The van der Waals surface area contributed by atoms with Gasteiger partial charge in [0.1, 0.15) is 5.82 Å². The molecule has 1 heterocycles. The smallest absolute Gasteiger partial charge is 0.337 e. The van der Waals surface area contributed by atoms with Crippen LogP contribution < -0.4 is 5.32 Å². The molecule has 6 nitrogen and oxygen atoms in total. The maximum Gasteiger partial charge on any atom is 0.337 e. The molecule has 17 heavy (non-hydrogen) atoms. The number of pyridine rings is 1. The number of aromatic nitrogens is 1. The molecular formula is C10H13ClN2O4. The molecule has 0 aliphatic rings. The summed E-state index contributed by atoms with van der Waals surface area (Å²) in [5.41, 5.74) is -1.07. The highest BCUT2D eigenvalue weighted by Gasteiger charge is 2.23. The van der Waals surface area contributed by atoms with E-state index in [1.807, 2.05) is 0 Å². The number of anilines is 1. The fraction of sp³-hybridized carbons (Fsp3) is 0.400. The lowest BCUT2D eigenvalue weighted by atomic mass is 10.1. The number of hydrogen-bond acceptors (Lipinski definition) is 5. The Morgan fingerprint density at radius 1 is 1.53 bits per heavy atom. The lowest BCUT2D eigenvalue weighted by Gasteiger charge is -2.26. The van der Waals surface area contributed by atoms with Gasteiger partial charge in [-0.2, -0.15) is 0 Å². The zero-order valence-corrected chi connectivity index (χ0v) is 9.90. The Hall–Kier alpha value is -1.37. The van der Waals surface area contributed by atoms with Crippen LogP contribution in [-0.2, 0) is 0 Å². The van der Waals surface area contributed by atoms with Crippen molar-refractivity contribution in [3.8, 4) is 0 Å². The van der Waals surface area contributed by atoms with E-state index in [-0.39, 0.29) is 29.6 Å². The number of aromatic carboxylic acids is 1. The fourth-order valence-corrected chi connectivity index (χ4v) is 1.29. The molecule has 0 unspecified atom stereocenters. The van der Waals surface area contributed by atoms with Crippen LogP contribution in [0, 0.1) is 0 Å². The number of carboxylic acid groups (broad SMARTS) is 1. The number of hydrogen-bond donors (Lipinski definition) is 4. The molecule has 0 amide bonds. The van der Waals surface area contributed by atoms with E-state index in [0.717, 1.165) is 0 Å². The second-order valence-corrected chi connectivity index (χ2v) is 4.26. The van der Waals surface area contributed by atoms with E-state index >= 15 is 0 Å². The van der Waals surface area contributed by atoms with Gasteiger partial charge in [-0.25, -0.2) is 9.78 Å². The van der Waals surface area contributed by atoms with Crippen LogP contribution in [0.1, 0.15) is 17.3 Å². The Labute approximate surface area is 103 Å². The maximum atomic E-state index is 10.8. The third-order valence-electron chi connectivity index (χ3n) is 2.21. The SMILES string of the molecule is CC(CO)(CO)Nc1cc(C(=O)O)c(Cl)cn1. The molecule has 0 saturated heterocycles. The van der Waals surface area contributed by atoms with Crippen LogP contribution in [0.4, 0.5) is 5.82 Å². The van der Waals surface area contributed by atoms with Crippen molar-refractivity contribution in [3.05, 3.63) is 22.8 Å². The molecule has 0 fully saturated rings. The predicted octanol–water partition coefficient (Wildman–Crippen LogP) is 0.588. The van der Waals surface area contributed by atoms with Crippen LogP contribution >= 0.6 is 11.6 Å². The molecule has 0 atom stereocenters. The number of aliphatic hydroxyl groups is 2. The van der Waals surface area contributed by atoms with Crippen molar-refractivity contribution in [3.63, 3.8) is 0 Å². The van der Waals surface area contributed by atoms with Gasteiger partial charge in [0, 0.05) is 6.20 Å². The van der Waals surface area contributed by atoms with Crippen molar-refractivity contribution in [2.24, 2.45) is 0 Å². The minimum absolute atomic E-state index is 0.0257. The quantitative estimate of drug-likeness (QED) is 0.618. The van der Waals surface area contributed by atoms with Crippen molar-refractivity contribution in [1.82, 2.24) is 4.98 Å². The Morgan fingerprint density at radius 3 is 2.59 bits per heavy atom. The standard InChI is InChI=1S/C10H13ClN2O4/c1-10(4-14,5-15)13-8-2-6(9(16)17)7(11)3-12-8/h2-3,14-15H,4-5H2,1H3,(H,12,13)(H,16,17). The van der Waals surface area contributed by atoms with Crippen LogP contribution in [0.2, 0.25) is 5.02 Å². The highest BCUT2D eigenvalue weighted by molar-refractivity contribution is 6.33. The number of carboxylic acids is 1. The first-order valence-corrected chi connectivity index (χ1v) is 5.18. The third kappa shape index (κ3) is 3.29. The van der Waals surface area contributed by atoms with Gasteiger partial charge in [-0.1, -0.05) is 11.6 Å². The summed E-state index contributed by atoms with van der Waals surface area (Å²) in [6.45, 7) is 0.927. The van der Waals surface area contributed by atoms with E-state index < -0.39 is 11.5 Å². The lowest BCUT2D eigenvalue weighted by Crippen LogP contribution is -2.42. The molecule has 0 radical (unpaired) electrons. The Kier molecular flexibility index (Phi) is 4.28. The average Bonchev–Trinajstić information content (AvgIpc) is 2.31. The van der Waals surface area contributed by atoms with Crippen LogP contribution in [0.25, 0.3) is 0 Å². The monoisotopic (exact) mass is 260 g/mol. The largest absolute Gasteiger partial charge is 0.478 e. The second-order valence-electron chi connectivity index (χ2n) is 3.86. The molecule has 7 heteroatoms. The van der Waals surface area contributed by atoms with Gasteiger partial charge >= 0.3 is 5.97 Å². The van der Waals surface area contributed by atoms with Crippen molar-refractivity contribution < 1.29 is 20.1 Å². The molecule has 0 bridgehead atoms. The summed E-state index contributed by atoms with van der Waals surface area (Å²) in [7, 11) is 0. The van der Waals surface area contributed by atoms with E-state index in [2.05, 4.69) is 10.3 Å². The van der Waals surface area contributed by atoms with Crippen LogP contribution in [0.3, 0.4) is 0 Å². The van der Waals surface area contributed by atoms with Crippen molar-refractivity contribution in [2.75, 3.05) is 18.5 Å². The minimum Gasteiger partial charge on any atom is -0.478 e. The molecule has 0 spiro atoms. The molecular weight excluding hydrogens is 248 g/mol. The number of nitrogens with one attached hydrogen (secondary N) is 1.